The topological polar surface area (TPSA) is 38.3 Å². The van der Waals surface area contributed by atoms with E-state index in [0.29, 0.717) is 21.4 Å². The lowest BCUT2D eigenvalue weighted by molar-refractivity contribution is 0.0745. The van der Waals surface area contributed by atoms with Gasteiger partial charge in [-0.25, -0.2) is 0 Å². The molecule has 3 aromatic carbocycles. The number of benzene rings is 3. The van der Waals surface area contributed by atoms with Gasteiger partial charge in [0.15, 0.2) is 6.10 Å². The Balaban J connectivity index is 1.76. The van der Waals surface area contributed by atoms with Crippen LogP contribution in [0, 0.1) is 0 Å². The molecular weight excluding hydrogens is 369 g/mol. The summed E-state index contributed by atoms with van der Waals surface area (Å²) in [7, 11) is 0. The molecule has 4 rings (SSSR count). The molecule has 3 nitrogen and oxygen atoms in total. The molecule has 130 valence electrons. The fourth-order valence-electron chi connectivity index (χ4n) is 3.07. The van der Waals surface area contributed by atoms with Gasteiger partial charge in [0.2, 0.25) is 5.78 Å². The second-order valence-electron chi connectivity index (χ2n) is 6.08. The van der Waals surface area contributed by atoms with E-state index in [0.717, 1.165) is 11.3 Å². The van der Waals surface area contributed by atoms with Gasteiger partial charge < -0.3 is 10.1 Å². The standard InChI is InChI=1S/C21H15Cl2NO2/c22-15-8-6-13(7-9-15)19-21(20(25)14-4-2-1-3-5-14)26-18-11-10-16(23)12-17(18)24-19/h1-12,19,21,24H/t19-,21+/m1/s1. The molecule has 1 heterocycles. The molecule has 0 saturated heterocycles. The van der Waals surface area contributed by atoms with Gasteiger partial charge in [0, 0.05) is 15.6 Å². The van der Waals surface area contributed by atoms with E-state index in [4.69, 9.17) is 27.9 Å². The summed E-state index contributed by atoms with van der Waals surface area (Å²) in [5.74, 6) is 0.521. The average Bonchev–Trinajstić information content (AvgIpc) is 2.67. The minimum atomic E-state index is -0.702. The normalized spacial score (nSPS) is 18.4. The molecule has 0 amide bonds. The minimum absolute atomic E-state index is 0.0846. The van der Waals surface area contributed by atoms with Crippen LogP contribution in [0.3, 0.4) is 0 Å². The highest BCUT2D eigenvalue weighted by atomic mass is 35.5. The van der Waals surface area contributed by atoms with Gasteiger partial charge in [-0.2, -0.15) is 0 Å². The lowest BCUT2D eigenvalue weighted by atomic mass is 9.93. The number of hydrogen-bond donors (Lipinski definition) is 1. The van der Waals surface area contributed by atoms with Crippen LogP contribution in [0.25, 0.3) is 0 Å². The molecule has 26 heavy (non-hydrogen) atoms. The van der Waals surface area contributed by atoms with Crippen molar-refractivity contribution in [3.8, 4) is 5.75 Å². The van der Waals surface area contributed by atoms with Gasteiger partial charge in [-0.1, -0.05) is 65.7 Å². The third-order valence-corrected chi connectivity index (χ3v) is 4.84. The monoisotopic (exact) mass is 383 g/mol. The van der Waals surface area contributed by atoms with Crippen LogP contribution in [0.4, 0.5) is 5.69 Å². The fraction of sp³-hybridized carbons (Fsp3) is 0.0952. The van der Waals surface area contributed by atoms with Crippen LogP contribution < -0.4 is 10.1 Å². The highest BCUT2D eigenvalue weighted by molar-refractivity contribution is 6.31. The zero-order chi connectivity index (χ0) is 18.1. The number of ether oxygens (including phenoxy) is 1. The van der Waals surface area contributed by atoms with Crippen LogP contribution >= 0.6 is 23.2 Å². The Labute approximate surface area is 161 Å². The quantitative estimate of drug-likeness (QED) is 0.581. The zero-order valence-corrected chi connectivity index (χ0v) is 15.2. The minimum Gasteiger partial charge on any atom is -0.478 e. The molecule has 2 atom stereocenters. The van der Waals surface area contributed by atoms with Crippen molar-refractivity contribution in [1.29, 1.82) is 0 Å². The lowest BCUT2D eigenvalue weighted by Crippen LogP contribution is -2.40. The molecule has 3 aromatic rings. The number of carbonyl (C=O) groups is 1. The predicted octanol–water partition coefficient (Wildman–Crippen LogP) is 5.79. The van der Waals surface area contributed by atoms with E-state index in [1.54, 1.807) is 42.5 Å². The van der Waals surface area contributed by atoms with Gasteiger partial charge in [-0.3, -0.25) is 4.79 Å². The van der Waals surface area contributed by atoms with Gasteiger partial charge in [-0.15, -0.1) is 0 Å². The first-order chi connectivity index (χ1) is 12.6. The molecule has 0 spiro atoms. The van der Waals surface area contributed by atoms with E-state index in [-0.39, 0.29) is 11.8 Å². The van der Waals surface area contributed by atoms with Gasteiger partial charge >= 0.3 is 0 Å². The van der Waals surface area contributed by atoms with Gasteiger partial charge in [0.1, 0.15) is 5.75 Å². The summed E-state index contributed by atoms with van der Waals surface area (Å²) in [6.07, 6.45) is -0.702. The third-order valence-electron chi connectivity index (χ3n) is 4.36. The second kappa shape index (κ2) is 7.02. The van der Waals surface area contributed by atoms with Gasteiger partial charge in [-0.05, 0) is 35.9 Å². The highest BCUT2D eigenvalue weighted by Gasteiger charge is 2.36. The SMILES string of the molecule is O=C(c1ccccc1)[C@H]1Oc2ccc(Cl)cc2N[C@@H]1c1ccc(Cl)cc1. The molecule has 0 fully saturated rings. The number of ketones is 1. The Hall–Kier alpha value is -2.49. The van der Waals surface area contributed by atoms with E-state index < -0.39 is 6.10 Å². The fourth-order valence-corrected chi connectivity index (χ4v) is 3.36. The first-order valence-electron chi connectivity index (χ1n) is 8.19. The lowest BCUT2D eigenvalue weighted by Gasteiger charge is -2.34. The summed E-state index contributed by atoms with van der Waals surface area (Å²) in [4.78, 5) is 13.1. The summed E-state index contributed by atoms with van der Waals surface area (Å²) in [5.41, 5.74) is 2.28. The zero-order valence-electron chi connectivity index (χ0n) is 13.7. The molecule has 0 aliphatic carbocycles. The van der Waals surface area contributed by atoms with E-state index in [1.165, 1.54) is 0 Å². The summed E-state index contributed by atoms with van der Waals surface area (Å²) in [5, 5.41) is 4.64. The number of hydrogen-bond acceptors (Lipinski definition) is 3. The maximum Gasteiger partial charge on any atom is 0.205 e. The number of nitrogens with one attached hydrogen (secondary N) is 1. The van der Waals surface area contributed by atoms with E-state index in [9.17, 15) is 4.79 Å². The number of anilines is 1. The van der Waals surface area contributed by atoms with Crippen molar-refractivity contribution in [2.45, 2.75) is 12.1 Å². The van der Waals surface area contributed by atoms with Crippen molar-refractivity contribution >= 4 is 34.7 Å². The summed E-state index contributed by atoms with van der Waals surface area (Å²) in [6, 6.07) is 21.5. The first kappa shape index (κ1) is 17.0. The number of fused-ring (bicyclic) bond motifs is 1. The Morgan fingerprint density at radius 1 is 0.885 bits per heavy atom. The van der Waals surface area contributed by atoms with Gasteiger partial charge in [0.05, 0.1) is 11.7 Å². The molecule has 1 aliphatic rings. The maximum atomic E-state index is 13.1. The number of Topliss-reactive ketones (excluding diaryl/α,β-unsaturated/α-hetero) is 1. The molecule has 0 saturated carbocycles. The molecule has 1 aliphatic heterocycles. The number of rotatable bonds is 3. The highest BCUT2D eigenvalue weighted by Crippen LogP contribution is 2.39. The van der Waals surface area contributed by atoms with Crippen LogP contribution in [0.5, 0.6) is 5.75 Å². The van der Waals surface area contributed by atoms with Crippen molar-refractivity contribution < 1.29 is 9.53 Å². The Morgan fingerprint density at radius 2 is 1.58 bits per heavy atom. The van der Waals surface area contributed by atoms with Crippen molar-refractivity contribution in [3.63, 3.8) is 0 Å². The van der Waals surface area contributed by atoms with Crippen LogP contribution in [0.1, 0.15) is 22.0 Å². The largest absolute Gasteiger partial charge is 0.478 e. The van der Waals surface area contributed by atoms with Crippen LogP contribution in [-0.4, -0.2) is 11.9 Å². The van der Waals surface area contributed by atoms with Crippen LogP contribution in [0.15, 0.2) is 72.8 Å². The first-order valence-corrected chi connectivity index (χ1v) is 8.95. The molecule has 5 heteroatoms. The summed E-state index contributed by atoms with van der Waals surface area (Å²) >= 11 is 12.1. The van der Waals surface area contributed by atoms with E-state index >= 15 is 0 Å². The molecule has 1 N–H and O–H groups in total. The smallest absolute Gasteiger partial charge is 0.205 e. The van der Waals surface area contributed by atoms with Crippen LogP contribution in [-0.2, 0) is 0 Å². The van der Waals surface area contributed by atoms with E-state index in [2.05, 4.69) is 5.32 Å². The molecule has 0 radical (unpaired) electrons. The Morgan fingerprint density at radius 3 is 2.31 bits per heavy atom. The summed E-state index contributed by atoms with van der Waals surface area (Å²) in [6.45, 7) is 0. The van der Waals surface area contributed by atoms with Crippen molar-refractivity contribution in [2.24, 2.45) is 0 Å². The average molecular weight is 384 g/mol. The molecule has 0 aromatic heterocycles. The third kappa shape index (κ3) is 3.28. The van der Waals surface area contributed by atoms with Crippen molar-refractivity contribution in [3.05, 3.63) is 94.0 Å². The number of halogens is 2. The molecule has 0 unspecified atom stereocenters. The van der Waals surface area contributed by atoms with Crippen molar-refractivity contribution in [1.82, 2.24) is 0 Å². The molecular formula is C21H15Cl2NO2. The Bertz CT molecular complexity index is 942. The Kier molecular flexibility index (Phi) is 4.58. The van der Waals surface area contributed by atoms with Crippen LogP contribution in [0.2, 0.25) is 10.0 Å². The van der Waals surface area contributed by atoms with Gasteiger partial charge in [0.25, 0.3) is 0 Å². The van der Waals surface area contributed by atoms with Crippen molar-refractivity contribution in [2.75, 3.05) is 5.32 Å². The maximum absolute atomic E-state index is 13.1. The second-order valence-corrected chi connectivity index (χ2v) is 6.96. The summed E-state index contributed by atoms with van der Waals surface area (Å²) < 4.78 is 6.10. The predicted molar refractivity (Wildman–Crippen MR) is 104 cm³/mol. The van der Waals surface area contributed by atoms with E-state index in [1.807, 2.05) is 30.3 Å². The number of carbonyl (C=O) groups excluding carboxylic acids is 1. The molecule has 0 bridgehead atoms.